The van der Waals surface area contributed by atoms with Crippen LogP contribution >= 0.6 is 23.4 Å². The second kappa shape index (κ2) is 6.82. The van der Waals surface area contributed by atoms with Crippen molar-refractivity contribution < 1.29 is 9.53 Å². The van der Waals surface area contributed by atoms with E-state index in [1.165, 1.54) is 0 Å². The second-order valence-electron chi connectivity index (χ2n) is 4.35. The average Bonchev–Trinajstić information content (AvgIpc) is 2.48. The van der Waals surface area contributed by atoms with Gasteiger partial charge in [-0.2, -0.15) is 0 Å². The van der Waals surface area contributed by atoms with Crippen LogP contribution in [0, 0.1) is 6.92 Å². The third kappa shape index (κ3) is 3.78. The number of thioether (sulfide) groups is 1. The maximum Gasteiger partial charge on any atom is 0.200 e. The van der Waals surface area contributed by atoms with E-state index in [1.54, 1.807) is 23.9 Å². The molecule has 104 valence electrons. The van der Waals surface area contributed by atoms with Crippen LogP contribution in [-0.4, -0.2) is 18.6 Å². The van der Waals surface area contributed by atoms with Gasteiger partial charge in [-0.25, -0.2) is 0 Å². The number of carbonyl (C=O) groups excluding carboxylic acids is 1. The largest absolute Gasteiger partial charge is 0.485 e. The molecule has 0 heterocycles. The lowest BCUT2D eigenvalue weighted by molar-refractivity contribution is 0.0921. The van der Waals surface area contributed by atoms with Crippen LogP contribution in [0.1, 0.15) is 15.9 Å². The lowest BCUT2D eigenvalue weighted by Gasteiger charge is -2.09. The Morgan fingerprint density at radius 3 is 2.55 bits per heavy atom. The normalized spacial score (nSPS) is 10.3. The van der Waals surface area contributed by atoms with E-state index in [2.05, 4.69) is 0 Å². The number of halogens is 1. The zero-order valence-electron chi connectivity index (χ0n) is 11.4. The highest BCUT2D eigenvalue weighted by molar-refractivity contribution is 7.98. The molecule has 2 rings (SSSR count). The molecule has 0 aliphatic carbocycles. The van der Waals surface area contributed by atoms with E-state index >= 15 is 0 Å². The lowest BCUT2D eigenvalue weighted by atomic mass is 10.1. The fourth-order valence-electron chi connectivity index (χ4n) is 1.73. The van der Waals surface area contributed by atoms with Crippen molar-refractivity contribution in [1.82, 2.24) is 0 Å². The molecule has 0 amide bonds. The van der Waals surface area contributed by atoms with E-state index < -0.39 is 0 Å². The molecule has 0 saturated heterocycles. The lowest BCUT2D eigenvalue weighted by Crippen LogP contribution is -2.12. The summed E-state index contributed by atoms with van der Waals surface area (Å²) in [6.45, 7) is 1.93. The molecular weight excluding hydrogens is 292 g/mol. The Balaban J connectivity index is 2.02. The Labute approximate surface area is 128 Å². The molecule has 0 saturated carbocycles. The summed E-state index contributed by atoms with van der Waals surface area (Å²) in [4.78, 5) is 13.2. The first-order valence-corrected chi connectivity index (χ1v) is 7.76. The van der Waals surface area contributed by atoms with E-state index in [0.29, 0.717) is 16.3 Å². The summed E-state index contributed by atoms with van der Waals surface area (Å²) in [6, 6.07) is 12.9. The molecule has 4 heteroatoms. The van der Waals surface area contributed by atoms with Crippen molar-refractivity contribution in [2.75, 3.05) is 12.9 Å². The van der Waals surface area contributed by atoms with Gasteiger partial charge in [-0.05, 0) is 43.0 Å². The van der Waals surface area contributed by atoms with Gasteiger partial charge in [0.05, 0.1) is 0 Å². The SMILES string of the molecule is CSc1ccc(C(=O)COc2cc(Cl)ccc2C)cc1. The highest BCUT2D eigenvalue weighted by Crippen LogP contribution is 2.22. The molecule has 20 heavy (non-hydrogen) atoms. The summed E-state index contributed by atoms with van der Waals surface area (Å²) in [5.41, 5.74) is 1.61. The van der Waals surface area contributed by atoms with E-state index in [-0.39, 0.29) is 12.4 Å². The molecule has 0 unspecified atom stereocenters. The van der Waals surface area contributed by atoms with Crippen LogP contribution in [0.15, 0.2) is 47.4 Å². The summed E-state index contributed by atoms with van der Waals surface area (Å²) < 4.78 is 5.55. The van der Waals surface area contributed by atoms with Crippen LogP contribution in [-0.2, 0) is 0 Å². The van der Waals surface area contributed by atoms with Crippen molar-refractivity contribution in [3.8, 4) is 5.75 Å². The summed E-state index contributed by atoms with van der Waals surface area (Å²) in [7, 11) is 0. The number of ether oxygens (including phenoxy) is 1. The number of benzene rings is 2. The van der Waals surface area contributed by atoms with Gasteiger partial charge in [0, 0.05) is 15.5 Å². The van der Waals surface area contributed by atoms with Gasteiger partial charge >= 0.3 is 0 Å². The third-order valence-electron chi connectivity index (χ3n) is 2.92. The molecule has 2 aromatic rings. The highest BCUT2D eigenvalue weighted by Gasteiger charge is 2.08. The summed E-state index contributed by atoms with van der Waals surface area (Å²) in [5, 5.41) is 0.599. The van der Waals surface area contributed by atoms with Gasteiger partial charge in [-0.1, -0.05) is 29.8 Å². The van der Waals surface area contributed by atoms with Gasteiger partial charge in [0.2, 0.25) is 0 Å². The molecule has 0 aromatic heterocycles. The topological polar surface area (TPSA) is 26.3 Å². The van der Waals surface area contributed by atoms with Crippen molar-refractivity contribution in [3.63, 3.8) is 0 Å². The van der Waals surface area contributed by atoms with Crippen LogP contribution in [0.25, 0.3) is 0 Å². The Kier molecular flexibility index (Phi) is 5.10. The predicted octanol–water partition coefficient (Wildman–Crippen LogP) is 4.63. The van der Waals surface area contributed by atoms with Crippen molar-refractivity contribution in [2.45, 2.75) is 11.8 Å². The van der Waals surface area contributed by atoms with E-state index in [4.69, 9.17) is 16.3 Å². The van der Waals surface area contributed by atoms with Crippen LogP contribution in [0.3, 0.4) is 0 Å². The molecule has 0 N–H and O–H groups in total. The minimum atomic E-state index is -0.0444. The monoisotopic (exact) mass is 306 g/mol. The van der Waals surface area contributed by atoms with Gasteiger partial charge in [-0.3, -0.25) is 4.79 Å². The zero-order valence-corrected chi connectivity index (χ0v) is 12.9. The van der Waals surface area contributed by atoms with Crippen LogP contribution < -0.4 is 4.74 Å². The maximum absolute atomic E-state index is 12.0. The molecule has 0 aliphatic heterocycles. The van der Waals surface area contributed by atoms with Gasteiger partial charge in [0.25, 0.3) is 0 Å². The minimum Gasteiger partial charge on any atom is -0.485 e. The Bertz CT molecular complexity index is 608. The minimum absolute atomic E-state index is 0.0137. The third-order valence-corrected chi connectivity index (χ3v) is 3.90. The molecule has 0 atom stereocenters. The number of hydrogen-bond acceptors (Lipinski definition) is 3. The predicted molar refractivity (Wildman–Crippen MR) is 84.2 cm³/mol. The van der Waals surface area contributed by atoms with Gasteiger partial charge < -0.3 is 4.74 Å². The standard InChI is InChI=1S/C16H15ClO2S/c1-11-3-6-13(17)9-16(11)19-10-15(18)12-4-7-14(20-2)8-5-12/h3-9H,10H2,1-2H3. The smallest absolute Gasteiger partial charge is 0.200 e. The van der Waals surface area contributed by atoms with Gasteiger partial charge in [0.1, 0.15) is 5.75 Å². The van der Waals surface area contributed by atoms with E-state index in [1.807, 2.05) is 43.5 Å². The molecule has 0 fully saturated rings. The van der Waals surface area contributed by atoms with Gasteiger partial charge in [-0.15, -0.1) is 11.8 Å². The van der Waals surface area contributed by atoms with Crippen molar-refractivity contribution in [3.05, 3.63) is 58.6 Å². The first kappa shape index (κ1) is 14.9. The van der Waals surface area contributed by atoms with Gasteiger partial charge in [0.15, 0.2) is 12.4 Å². The number of hydrogen-bond donors (Lipinski definition) is 0. The highest BCUT2D eigenvalue weighted by atomic mass is 35.5. The average molecular weight is 307 g/mol. The van der Waals surface area contributed by atoms with Crippen molar-refractivity contribution in [1.29, 1.82) is 0 Å². The number of aryl methyl sites for hydroxylation is 1. The number of ketones is 1. The van der Waals surface area contributed by atoms with E-state index in [0.717, 1.165) is 10.5 Å². The molecule has 0 radical (unpaired) electrons. The summed E-state index contributed by atoms with van der Waals surface area (Å²) in [6.07, 6.45) is 2.00. The zero-order chi connectivity index (χ0) is 14.5. The molecule has 0 aliphatic rings. The summed E-state index contributed by atoms with van der Waals surface area (Å²) in [5.74, 6) is 0.601. The fraction of sp³-hybridized carbons (Fsp3) is 0.188. The first-order valence-electron chi connectivity index (χ1n) is 6.16. The Hall–Kier alpha value is -1.45. The van der Waals surface area contributed by atoms with Crippen LogP contribution in [0.2, 0.25) is 5.02 Å². The summed E-state index contributed by atoms with van der Waals surface area (Å²) >= 11 is 7.56. The Morgan fingerprint density at radius 1 is 1.20 bits per heavy atom. The number of Topliss-reactive ketones (excluding diaryl/α,β-unsaturated/α-hetero) is 1. The van der Waals surface area contributed by atoms with E-state index in [9.17, 15) is 4.79 Å². The fourth-order valence-corrected chi connectivity index (χ4v) is 2.30. The van der Waals surface area contributed by atoms with Crippen molar-refractivity contribution in [2.24, 2.45) is 0 Å². The number of carbonyl (C=O) groups is 1. The molecule has 2 nitrogen and oxygen atoms in total. The Morgan fingerprint density at radius 2 is 1.90 bits per heavy atom. The van der Waals surface area contributed by atoms with Crippen LogP contribution in [0.5, 0.6) is 5.75 Å². The second-order valence-corrected chi connectivity index (χ2v) is 5.67. The molecule has 0 spiro atoms. The number of rotatable bonds is 5. The molecule has 2 aromatic carbocycles. The van der Waals surface area contributed by atoms with Crippen LogP contribution in [0.4, 0.5) is 0 Å². The quantitative estimate of drug-likeness (QED) is 0.595. The first-order chi connectivity index (χ1) is 9.60. The maximum atomic E-state index is 12.0. The molecule has 0 bridgehead atoms. The van der Waals surface area contributed by atoms with Crippen molar-refractivity contribution >= 4 is 29.1 Å². The molecular formula is C16H15ClO2S.